The lowest BCUT2D eigenvalue weighted by molar-refractivity contribution is -0.138. The van der Waals surface area contributed by atoms with Gasteiger partial charge in [-0.25, -0.2) is 9.59 Å². The number of fused-ring (bicyclic) bond motifs is 4. The van der Waals surface area contributed by atoms with E-state index >= 15 is 0 Å². The van der Waals surface area contributed by atoms with E-state index in [0.29, 0.717) is 5.69 Å². The SMILES string of the molecule is O=C(O)[C@H]1Cc2ccccc2N1C(=O)OCC1c2ccccc2-c2ccccc21. The molecule has 0 saturated carbocycles. The second kappa shape index (κ2) is 6.78. The largest absolute Gasteiger partial charge is 0.480 e. The van der Waals surface area contributed by atoms with Crippen LogP contribution in [0.1, 0.15) is 22.6 Å². The molecular formula is C24H19NO4. The summed E-state index contributed by atoms with van der Waals surface area (Å²) < 4.78 is 5.68. The highest BCUT2D eigenvalue weighted by atomic mass is 16.6. The number of hydrogen-bond acceptors (Lipinski definition) is 3. The van der Waals surface area contributed by atoms with Crippen molar-refractivity contribution in [3.63, 3.8) is 0 Å². The molecule has 5 heteroatoms. The van der Waals surface area contributed by atoms with Crippen LogP contribution < -0.4 is 4.90 Å². The van der Waals surface area contributed by atoms with Gasteiger partial charge in [-0.05, 0) is 33.9 Å². The maximum atomic E-state index is 12.9. The van der Waals surface area contributed by atoms with E-state index in [-0.39, 0.29) is 18.9 Å². The lowest BCUT2D eigenvalue weighted by atomic mass is 9.98. The van der Waals surface area contributed by atoms with Gasteiger partial charge in [0.1, 0.15) is 12.6 Å². The molecule has 0 bridgehead atoms. The van der Waals surface area contributed by atoms with Crippen molar-refractivity contribution in [2.75, 3.05) is 11.5 Å². The molecule has 1 aliphatic heterocycles. The number of carbonyl (C=O) groups excluding carboxylic acids is 1. The Kier molecular flexibility index (Phi) is 4.09. The van der Waals surface area contributed by atoms with Crippen molar-refractivity contribution >= 4 is 17.7 Å². The van der Waals surface area contributed by atoms with Crippen molar-refractivity contribution in [2.45, 2.75) is 18.4 Å². The summed E-state index contributed by atoms with van der Waals surface area (Å²) in [6.45, 7) is 0.165. The van der Waals surface area contributed by atoms with Crippen LogP contribution in [-0.2, 0) is 16.0 Å². The first kappa shape index (κ1) is 17.5. The number of hydrogen-bond donors (Lipinski definition) is 1. The highest BCUT2D eigenvalue weighted by molar-refractivity contribution is 5.98. The minimum Gasteiger partial charge on any atom is -0.480 e. The van der Waals surface area contributed by atoms with Crippen LogP contribution in [0.4, 0.5) is 10.5 Å². The molecule has 0 aromatic heterocycles. The molecule has 1 heterocycles. The number of carboxylic acid groups (broad SMARTS) is 1. The third-order valence-corrected chi connectivity index (χ3v) is 5.79. The van der Waals surface area contributed by atoms with Crippen molar-refractivity contribution in [3.05, 3.63) is 89.5 Å². The summed E-state index contributed by atoms with van der Waals surface area (Å²) >= 11 is 0. The predicted octanol–water partition coefficient (Wildman–Crippen LogP) is 4.45. The number of aliphatic carboxylic acids is 1. The minimum atomic E-state index is -1.03. The summed E-state index contributed by atoms with van der Waals surface area (Å²) in [4.78, 5) is 25.9. The van der Waals surface area contributed by atoms with Crippen LogP contribution in [0, 0.1) is 0 Å². The molecule has 1 aliphatic carbocycles. The molecule has 29 heavy (non-hydrogen) atoms. The van der Waals surface area contributed by atoms with Gasteiger partial charge in [-0.1, -0.05) is 66.7 Å². The molecule has 3 aromatic carbocycles. The summed E-state index contributed by atoms with van der Waals surface area (Å²) in [5.74, 6) is -1.10. The zero-order valence-corrected chi connectivity index (χ0v) is 15.6. The Bertz CT molecular complexity index is 1080. The average molecular weight is 385 g/mol. The van der Waals surface area contributed by atoms with Gasteiger partial charge in [-0.3, -0.25) is 4.90 Å². The Hall–Kier alpha value is -3.60. The van der Waals surface area contributed by atoms with Crippen molar-refractivity contribution in [2.24, 2.45) is 0 Å². The fraction of sp³-hybridized carbons (Fsp3) is 0.167. The molecule has 1 N–H and O–H groups in total. The fourth-order valence-corrected chi connectivity index (χ4v) is 4.47. The topological polar surface area (TPSA) is 66.8 Å². The van der Waals surface area contributed by atoms with Crippen LogP contribution in [0.25, 0.3) is 11.1 Å². The van der Waals surface area contributed by atoms with Crippen LogP contribution in [-0.4, -0.2) is 29.8 Å². The van der Waals surface area contributed by atoms with E-state index in [0.717, 1.165) is 27.8 Å². The number of ether oxygens (including phenoxy) is 1. The number of carbonyl (C=O) groups is 2. The van der Waals surface area contributed by atoms with Gasteiger partial charge in [-0.2, -0.15) is 0 Å². The number of carboxylic acids is 1. The molecule has 0 radical (unpaired) electrons. The van der Waals surface area contributed by atoms with Gasteiger partial charge in [0.25, 0.3) is 0 Å². The molecule has 1 atom stereocenters. The summed E-state index contributed by atoms with van der Waals surface area (Å²) in [5.41, 5.74) is 6.00. The summed E-state index contributed by atoms with van der Waals surface area (Å²) in [5, 5.41) is 9.60. The third kappa shape index (κ3) is 2.78. The van der Waals surface area contributed by atoms with Gasteiger partial charge in [0, 0.05) is 12.3 Å². The maximum Gasteiger partial charge on any atom is 0.415 e. The first-order valence-electron chi connectivity index (χ1n) is 9.60. The summed E-state index contributed by atoms with van der Waals surface area (Å²) in [7, 11) is 0. The van der Waals surface area contributed by atoms with E-state index < -0.39 is 18.1 Å². The first-order chi connectivity index (χ1) is 14.1. The zero-order valence-electron chi connectivity index (χ0n) is 15.6. The van der Waals surface area contributed by atoms with Crippen molar-refractivity contribution in [3.8, 4) is 11.1 Å². The predicted molar refractivity (Wildman–Crippen MR) is 109 cm³/mol. The number of rotatable bonds is 3. The Morgan fingerprint density at radius 3 is 2.14 bits per heavy atom. The quantitative estimate of drug-likeness (QED) is 0.723. The van der Waals surface area contributed by atoms with Crippen molar-refractivity contribution in [1.29, 1.82) is 0 Å². The Labute approximate surface area is 168 Å². The van der Waals surface area contributed by atoms with Crippen LogP contribution in [0.3, 0.4) is 0 Å². The maximum absolute atomic E-state index is 12.9. The van der Waals surface area contributed by atoms with Gasteiger partial charge in [0.05, 0.1) is 5.69 Å². The van der Waals surface area contributed by atoms with Crippen LogP contribution in [0.2, 0.25) is 0 Å². The third-order valence-electron chi connectivity index (χ3n) is 5.79. The van der Waals surface area contributed by atoms with Crippen LogP contribution in [0.5, 0.6) is 0 Å². The van der Waals surface area contributed by atoms with E-state index in [1.165, 1.54) is 4.90 Å². The lowest BCUT2D eigenvalue weighted by Crippen LogP contribution is -2.43. The fourth-order valence-electron chi connectivity index (χ4n) is 4.47. The molecule has 144 valence electrons. The lowest BCUT2D eigenvalue weighted by Gasteiger charge is -2.23. The molecular weight excluding hydrogens is 366 g/mol. The standard InChI is InChI=1S/C24H19NO4/c26-23(27)22-13-15-7-1-6-12-21(15)25(22)24(28)29-14-20-18-10-4-2-8-16(18)17-9-3-5-11-19(17)20/h1-12,20,22H,13-14H2,(H,26,27)/t22-/m1/s1. The number of para-hydroxylation sites is 1. The average Bonchev–Trinajstić information content (AvgIpc) is 3.29. The zero-order chi connectivity index (χ0) is 20.0. The molecule has 3 aromatic rings. The second-order valence-electron chi connectivity index (χ2n) is 7.36. The molecule has 0 unspecified atom stereocenters. The van der Waals surface area contributed by atoms with Crippen LogP contribution >= 0.6 is 0 Å². The molecule has 0 fully saturated rings. The summed E-state index contributed by atoms with van der Waals surface area (Å²) in [6.07, 6.45) is -0.334. The highest BCUT2D eigenvalue weighted by Gasteiger charge is 2.40. The van der Waals surface area contributed by atoms with Gasteiger partial charge >= 0.3 is 12.1 Å². The molecule has 0 saturated heterocycles. The first-order valence-corrected chi connectivity index (χ1v) is 9.60. The van der Waals surface area contributed by atoms with E-state index in [9.17, 15) is 14.7 Å². The summed E-state index contributed by atoms with van der Waals surface area (Å²) in [6, 6.07) is 22.5. The Morgan fingerprint density at radius 2 is 1.48 bits per heavy atom. The van der Waals surface area contributed by atoms with Gasteiger partial charge in [0.15, 0.2) is 0 Å². The smallest absolute Gasteiger partial charge is 0.415 e. The minimum absolute atomic E-state index is 0.0625. The van der Waals surface area contributed by atoms with Crippen molar-refractivity contribution < 1.29 is 19.4 Å². The number of benzene rings is 3. The molecule has 1 amide bonds. The number of anilines is 1. The molecule has 5 nitrogen and oxygen atoms in total. The van der Waals surface area contributed by atoms with E-state index in [4.69, 9.17) is 4.74 Å². The number of amides is 1. The monoisotopic (exact) mass is 385 g/mol. The second-order valence-corrected chi connectivity index (χ2v) is 7.36. The molecule has 2 aliphatic rings. The van der Waals surface area contributed by atoms with Crippen LogP contribution in [0.15, 0.2) is 72.8 Å². The highest BCUT2D eigenvalue weighted by Crippen LogP contribution is 2.44. The number of nitrogens with zero attached hydrogens (tertiary/aromatic N) is 1. The van der Waals surface area contributed by atoms with E-state index in [1.807, 2.05) is 36.4 Å². The molecule has 0 spiro atoms. The van der Waals surface area contributed by atoms with Crippen molar-refractivity contribution in [1.82, 2.24) is 0 Å². The Morgan fingerprint density at radius 1 is 0.897 bits per heavy atom. The van der Waals surface area contributed by atoms with E-state index in [1.54, 1.807) is 12.1 Å². The molecule has 5 rings (SSSR count). The normalized spacial score (nSPS) is 16.8. The van der Waals surface area contributed by atoms with Gasteiger partial charge in [0.2, 0.25) is 0 Å². The van der Waals surface area contributed by atoms with Gasteiger partial charge in [-0.15, -0.1) is 0 Å². The Balaban J connectivity index is 1.42. The van der Waals surface area contributed by atoms with Gasteiger partial charge < -0.3 is 9.84 Å². The van der Waals surface area contributed by atoms with E-state index in [2.05, 4.69) is 24.3 Å².